The number of alkyl halides is 1. The van der Waals surface area contributed by atoms with Gasteiger partial charge in [-0.3, -0.25) is 9.88 Å². The van der Waals surface area contributed by atoms with Crippen molar-refractivity contribution < 1.29 is 32.9 Å². The van der Waals surface area contributed by atoms with E-state index in [1.807, 2.05) is 4.90 Å². The summed E-state index contributed by atoms with van der Waals surface area (Å²) in [5.41, 5.74) is -0.178. The van der Waals surface area contributed by atoms with Crippen LogP contribution in [0.5, 0.6) is 11.8 Å². The number of methoxy groups -OCH3 is 1. The fourth-order valence-corrected chi connectivity index (χ4v) is 6.34. The fraction of sp³-hybridized carbons (Fsp3) is 0.406. The molecule has 0 spiro atoms. The summed E-state index contributed by atoms with van der Waals surface area (Å²) in [7, 11) is 1.37. The van der Waals surface area contributed by atoms with Crippen molar-refractivity contribution in [3.8, 4) is 35.4 Å². The molecule has 3 aliphatic heterocycles. The van der Waals surface area contributed by atoms with E-state index in [1.54, 1.807) is 0 Å². The number of aliphatic hydroxyl groups is 1. The number of benzene rings is 2. The third-order valence-electron chi connectivity index (χ3n) is 8.38. The molecule has 3 fully saturated rings. The second kappa shape index (κ2) is 12.4. The average molecular weight is 608 g/mol. The van der Waals surface area contributed by atoms with Crippen LogP contribution in [-0.2, 0) is 4.74 Å². The van der Waals surface area contributed by atoms with Gasteiger partial charge in [0, 0.05) is 42.8 Å². The lowest BCUT2D eigenvalue weighted by Gasteiger charge is -2.33. The normalized spacial score (nSPS) is 21.6. The number of pyridine rings is 1. The number of hydrogen-bond donors (Lipinski definition) is 2. The summed E-state index contributed by atoms with van der Waals surface area (Å²) in [6.07, 6.45) is 9.36. The highest BCUT2D eigenvalue weighted by Gasteiger charge is 2.34. The van der Waals surface area contributed by atoms with E-state index in [1.165, 1.54) is 50.4 Å². The van der Waals surface area contributed by atoms with Crippen LogP contribution in [0.2, 0.25) is 0 Å². The Morgan fingerprint density at radius 2 is 2.02 bits per heavy atom. The van der Waals surface area contributed by atoms with Crippen LogP contribution in [0.3, 0.4) is 0 Å². The standard InChI is InChI=1S/C25H20F2N4O4.C7H12FN/c1-3-16-19(26)5-4-13-8-14(33)9-17(20(13)16)22-21(27)23-18(10-28-22)24(30-25(29-23)34-2)31-6-7-35-15(11-31)12-32;8-6-4-7-2-1-3-9(7)5-6/h1,4-5,8-10,15,32-33H,6-7,11-12H2,2H3;6-7H,1-5H2. The monoisotopic (exact) mass is 607 g/mol. The van der Waals surface area contributed by atoms with Crippen LogP contribution in [0.4, 0.5) is 19.0 Å². The van der Waals surface area contributed by atoms with Gasteiger partial charge in [-0.05, 0) is 49.4 Å². The number of aromatic nitrogens is 3. The molecule has 2 aromatic carbocycles. The van der Waals surface area contributed by atoms with E-state index < -0.39 is 23.9 Å². The molecule has 0 amide bonds. The molecule has 0 radical (unpaired) electrons. The van der Waals surface area contributed by atoms with Crippen LogP contribution >= 0.6 is 0 Å². The van der Waals surface area contributed by atoms with Crippen molar-refractivity contribution in [2.24, 2.45) is 0 Å². The first kappa shape index (κ1) is 29.9. The molecule has 2 N–H and O–H groups in total. The number of halogens is 3. The van der Waals surface area contributed by atoms with Crippen molar-refractivity contribution in [2.45, 2.75) is 37.6 Å². The van der Waals surface area contributed by atoms with Crippen LogP contribution in [0, 0.1) is 24.0 Å². The first-order valence-electron chi connectivity index (χ1n) is 14.5. The Labute approximate surface area is 252 Å². The van der Waals surface area contributed by atoms with Crippen molar-refractivity contribution in [3.05, 3.63) is 47.7 Å². The van der Waals surface area contributed by atoms with Crippen molar-refractivity contribution in [3.63, 3.8) is 0 Å². The number of fused-ring (bicyclic) bond motifs is 3. The van der Waals surface area contributed by atoms with E-state index in [9.17, 15) is 19.0 Å². The van der Waals surface area contributed by atoms with Crippen LogP contribution in [0.25, 0.3) is 32.9 Å². The van der Waals surface area contributed by atoms with E-state index >= 15 is 4.39 Å². The Bertz CT molecular complexity index is 1740. The van der Waals surface area contributed by atoms with E-state index in [0.717, 1.165) is 13.0 Å². The van der Waals surface area contributed by atoms with Gasteiger partial charge in [0.25, 0.3) is 0 Å². The lowest BCUT2D eigenvalue weighted by Crippen LogP contribution is -2.44. The smallest absolute Gasteiger partial charge is 0.318 e. The van der Waals surface area contributed by atoms with Gasteiger partial charge in [0.05, 0.1) is 37.4 Å². The highest BCUT2D eigenvalue weighted by Crippen LogP contribution is 2.38. The number of anilines is 1. The molecule has 3 saturated heterocycles. The number of hydrogen-bond acceptors (Lipinski definition) is 9. The van der Waals surface area contributed by atoms with Gasteiger partial charge < -0.3 is 24.6 Å². The molecule has 44 heavy (non-hydrogen) atoms. The molecule has 0 aliphatic carbocycles. The Morgan fingerprint density at radius 1 is 1.18 bits per heavy atom. The van der Waals surface area contributed by atoms with Crippen LogP contribution in [-0.4, -0.2) is 94.9 Å². The average Bonchev–Trinajstić information content (AvgIpc) is 3.62. The minimum atomic E-state index is -0.810. The number of morpholine rings is 1. The number of phenolic OH excluding ortho intramolecular Hbond substituents is 1. The van der Waals surface area contributed by atoms with Gasteiger partial charge in [0.1, 0.15) is 34.8 Å². The van der Waals surface area contributed by atoms with Crippen LogP contribution in [0.15, 0.2) is 30.5 Å². The maximum absolute atomic E-state index is 16.0. The van der Waals surface area contributed by atoms with Gasteiger partial charge in [-0.25, -0.2) is 13.2 Å². The molecule has 2 aromatic heterocycles. The second-order valence-corrected chi connectivity index (χ2v) is 11.1. The minimum absolute atomic E-state index is 0.0632. The van der Waals surface area contributed by atoms with Crippen molar-refractivity contribution in [2.75, 3.05) is 51.4 Å². The third kappa shape index (κ3) is 5.58. The maximum Gasteiger partial charge on any atom is 0.318 e. The van der Waals surface area contributed by atoms with Crippen molar-refractivity contribution in [1.29, 1.82) is 0 Å². The molecule has 7 rings (SSSR count). The lowest BCUT2D eigenvalue weighted by atomic mass is 9.96. The van der Waals surface area contributed by atoms with E-state index in [0.29, 0.717) is 48.9 Å². The molecule has 12 heteroatoms. The van der Waals surface area contributed by atoms with Gasteiger partial charge in [0.2, 0.25) is 0 Å². The van der Waals surface area contributed by atoms with Gasteiger partial charge in [-0.15, -0.1) is 6.42 Å². The number of ether oxygens (including phenoxy) is 2. The Morgan fingerprint density at radius 3 is 2.77 bits per heavy atom. The summed E-state index contributed by atoms with van der Waals surface area (Å²) in [5.74, 6) is 1.07. The number of terminal acetylenes is 1. The zero-order chi connectivity index (χ0) is 31.0. The maximum atomic E-state index is 16.0. The quantitative estimate of drug-likeness (QED) is 0.330. The summed E-state index contributed by atoms with van der Waals surface area (Å²) in [6.45, 7) is 2.82. The molecule has 9 nitrogen and oxygen atoms in total. The first-order chi connectivity index (χ1) is 21.3. The van der Waals surface area contributed by atoms with E-state index in [4.69, 9.17) is 15.9 Å². The zero-order valence-electron chi connectivity index (χ0n) is 24.1. The van der Waals surface area contributed by atoms with Gasteiger partial charge in [0.15, 0.2) is 5.82 Å². The predicted molar refractivity (Wildman–Crippen MR) is 159 cm³/mol. The highest BCUT2D eigenvalue weighted by atomic mass is 19.1. The largest absolute Gasteiger partial charge is 0.508 e. The number of aliphatic hydroxyl groups excluding tert-OH is 1. The summed E-state index contributed by atoms with van der Waals surface area (Å²) in [5, 5.41) is 20.8. The summed E-state index contributed by atoms with van der Waals surface area (Å²) >= 11 is 0. The Balaban J connectivity index is 0.000000323. The van der Waals surface area contributed by atoms with E-state index in [2.05, 4.69) is 25.8 Å². The third-order valence-corrected chi connectivity index (χ3v) is 8.38. The van der Waals surface area contributed by atoms with Gasteiger partial charge in [-0.1, -0.05) is 12.0 Å². The molecule has 230 valence electrons. The molecule has 0 bridgehead atoms. The first-order valence-corrected chi connectivity index (χ1v) is 14.5. The van der Waals surface area contributed by atoms with Crippen LogP contribution < -0.4 is 9.64 Å². The lowest BCUT2D eigenvalue weighted by molar-refractivity contribution is 0.00341. The molecular weight excluding hydrogens is 575 g/mol. The van der Waals surface area contributed by atoms with Crippen LogP contribution in [0.1, 0.15) is 24.8 Å². The highest BCUT2D eigenvalue weighted by molar-refractivity contribution is 6.03. The number of phenols is 1. The summed E-state index contributed by atoms with van der Waals surface area (Å²) in [6, 6.07) is 5.89. The topological polar surface area (TPSA) is 104 Å². The summed E-state index contributed by atoms with van der Waals surface area (Å²) in [4.78, 5) is 17.0. The predicted octanol–water partition coefficient (Wildman–Crippen LogP) is 4.21. The number of aromatic hydroxyl groups is 1. The Hall–Kier alpha value is -4.18. The molecule has 5 heterocycles. The SMILES string of the molecule is C#Cc1c(F)ccc2cc(O)cc(-c3ncc4c(N5CCOC(CO)C5)nc(OC)nc4c3F)c12.FC1CC2CCCN2C1. The van der Waals surface area contributed by atoms with E-state index in [-0.39, 0.29) is 46.1 Å². The summed E-state index contributed by atoms with van der Waals surface area (Å²) < 4.78 is 53.9. The molecule has 4 aromatic rings. The van der Waals surface area contributed by atoms with Crippen molar-refractivity contribution >= 4 is 27.5 Å². The molecule has 3 aliphatic rings. The van der Waals surface area contributed by atoms with Gasteiger partial charge >= 0.3 is 6.01 Å². The van der Waals surface area contributed by atoms with Gasteiger partial charge in [-0.2, -0.15) is 9.97 Å². The fourth-order valence-electron chi connectivity index (χ4n) is 6.34. The molecule has 3 unspecified atom stereocenters. The molecule has 3 atom stereocenters. The Kier molecular flexibility index (Phi) is 8.44. The molecular formula is C32H32F3N5O4. The van der Waals surface area contributed by atoms with Crippen molar-refractivity contribution in [1.82, 2.24) is 19.9 Å². The minimum Gasteiger partial charge on any atom is -0.508 e. The zero-order valence-corrected chi connectivity index (χ0v) is 24.1. The molecule has 0 saturated carbocycles. The second-order valence-electron chi connectivity index (χ2n) is 11.1. The number of rotatable bonds is 4. The number of nitrogens with zero attached hydrogens (tertiary/aromatic N) is 5.